The summed E-state index contributed by atoms with van der Waals surface area (Å²) in [7, 11) is 0. The number of rotatable bonds is 6. The van der Waals surface area contributed by atoms with Gasteiger partial charge in [-0.1, -0.05) is 30.7 Å². The first-order chi connectivity index (χ1) is 7.27. The molecule has 0 aliphatic rings. The topological polar surface area (TPSA) is 29.1 Å². The van der Waals surface area contributed by atoms with Crippen LogP contribution in [0.15, 0.2) is 24.3 Å². The number of aldehydes is 1. The predicted octanol–water partition coefficient (Wildman–Crippen LogP) is 2.62. The summed E-state index contributed by atoms with van der Waals surface area (Å²) in [6.07, 6.45) is 1.52. The van der Waals surface area contributed by atoms with Crippen molar-refractivity contribution >= 4 is 17.9 Å². The Hall–Kier alpha value is -0.860. The fourth-order valence-electron chi connectivity index (χ4n) is 1.51. The average molecular weight is 226 g/mol. The summed E-state index contributed by atoms with van der Waals surface area (Å²) >= 11 is 5.81. The van der Waals surface area contributed by atoms with Crippen molar-refractivity contribution in [3.05, 3.63) is 34.9 Å². The molecule has 0 bridgehead atoms. The van der Waals surface area contributed by atoms with E-state index in [1.807, 2.05) is 24.3 Å². The normalized spacial score (nSPS) is 12.4. The minimum Gasteiger partial charge on any atom is -0.316 e. The number of carbonyl (C=O) groups is 1. The molecule has 1 atom stereocenters. The maximum atomic E-state index is 10.6. The molecule has 1 aromatic carbocycles. The van der Waals surface area contributed by atoms with Crippen molar-refractivity contribution in [2.45, 2.75) is 19.3 Å². The molecular weight excluding hydrogens is 210 g/mol. The molecule has 1 aromatic rings. The second-order valence-corrected chi connectivity index (χ2v) is 3.89. The van der Waals surface area contributed by atoms with E-state index >= 15 is 0 Å². The van der Waals surface area contributed by atoms with Crippen molar-refractivity contribution in [2.24, 2.45) is 0 Å². The van der Waals surface area contributed by atoms with E-state index in [1.54, 1.807) is 0 Å². The fraction of sp³-hybridized carbons (Fsp3) is 0.417. The number of nitrogens with one attached hydrogen (secondary N) is 1. The van der Waals surface area contributed by atoms with Crippen LogP contribution < -0.4 is 5.32 Å². The van der Waals surface area contributed by atoms with Gasteiger partial charge in [0.2, 0.25) is 0 Å². The van der Waals surface area contributed by atoms with E-state index in [9.17, 15) is 4.79 Å². The SMILES string of the molecule is CCNCC(CC=O)c1ccc(Cl)cc1. The Kier molecular flexibility index (Phi) is 5.37. The van der Waals surface area contributed by atoms with Crippen molar-refractivity contribution < 1.29 is 4.79 Å². The van der Waals surface area contributed by atoms with Gasteiger partial charge in [0.1, 0.15) is 6.29 Å². The Balaban J connectivity index is 2.69. The monoisotopic (exact) mass is 225 g/mol. The molecule has 0 saturated heterocycles. The minimum absolute atomic E-state index is 0.250. The second-order valence-electron chi connectivity index (χ2n) is 3.46. The van der Waals surface area contributed by atoms with Crippen LogP contribution in [0, 0.1) is 0 Å². The number of benzene rings is 1. The molecule has 1 rings (SSSR count). The predicted molar refractivity (Wildman–Crippen MR) is 63.4 cm³/mol. The maximum absolute atomic E-state index is 10.6. The summed E-state index contributed by atoms with van der Waals surface area (Å²) in [4.78, 5) is 10.6. The first-order valence-electron chi connectivity index (χ1n) is 5.17. The van der Waals surface area contributed by atoms with Crippen LogP contribution in [-0.4, -0.2) is 19.4 Å². The molecule has 0 radical (unpaired) electrons. The van der Waals surface area contributed by atoms with Crippen molar-refractivity contribution in [1.29, 1.82) is 0 Å². The van der Waals surface area contributed by atoms with Gasteiger partial charge in [0.15, 0.2) is 0 Å². The average Bonchev–Trinajstić information content (AvgIpc) is 2.25. The number of hydrogen-bond donors (Lipinski definition) is 1. The van der Waals surface area contributed by atoms with Gasteiger partial charge in [0, 0.05) is 23.9 Å². The van der Waals surface area contributed by atoms with Gasteiger partial charge < -0.3 is 10.1 Å². The van der Waals surface area contributed by atoms with Gasteiger partial charge in [0.05, 0.1) is 0 Å². The third-order valence-electron chi connectivity index (χ3n) is 2.36. The highest BCUT2D eigenvalue weighted by Gasteiger charge is 2.09. The van der Waals surface area contributed by atoms with Gasteiger partial charge in [-0.2, -0.15) is 0 Å². The molecule has 3 heteroatoms. The minimum atomic E-state index is 0.250. The van der Waals surface area contributed by atoms with Crippen LogP contribution in [0.25, 0.3) is 0 Å². The summed E-state index contributed by atoms with van der Waals surface area (Å²) in [6.45, 7) is 3.81. The molecule has 0 fully saturated rings. The van der Waals surface area contributed by atoms with E-state index in [-0.39, 0.29) is 5.92 Å². The van der Waals surface area contributed by atoms with Gasteiger partial charge >= 0.3 is 0 Å². The van der Waals surface area contributed by atoms with Crippen molar-refractivity contribution in [3.8, 4) is 0 Å². The Bertz CT molecular complexity index is 297. The fourth-order valence-corrected chi connectivity index (χ4v) is 1.63. The lowest BCUT2D eigenvalue weighted by Gasteiger charge is -2.14. The summed E-state index contributed by atoms with van der Waals surface area (Å²) in [5, 5.41) is 3.98. The lowest BCUT2D eigenvalue weighted by atomic mass is 9.96. The first-order valence-corrected chi connectivity index (χ1v) is 5.55. The summed E-state index contributed by atoms with van der Waals surface area (Å²) in [5.74, 6) is 0.250. The van der Waals surface area contributed by atoms with Gasteiger partial charge in [0.25, 0.3) is 0 Å². The van der Waals surface area contributed by atoms with Crippen LogP contribution in [-0.2, 0) is 4.79 Å². The van der Waals surface area contributed by atoms with Crippen LogP contribution in [0.4, 0.5) is 0 Å². The molecular formula is C12H16ClNO. The molecule has 2 nitrogen and oxygen atoms in total. The molecule has 0 aliphatic heterocycles. The first kappa shape index (κ1) is 12.2. The van der Waals surface area contributed by atoms with Crippen molar-refractivity contribution in [1.82, 2.24) is 5.32 Å². The highest BCUT2D eigenvalue weighted by Crippen LogP contribution is 2.20. The summed E-state index contributed by atoms with van der Waals surface area (Å²) in [6, 6.07) is 7.68. The third-order valence-corrected chi connectivity index (χ3v) is 2.61. The van der Waals surface area contributed by atoms with E-state index in [0.29, 0.717) is 6.42 Å². The van der Waals surface area contributed by atoms with Crippen LogP contribution in [0.5, 0.6) is 0 Å². The van der Waals surface area contributed by atoms with Gasteiger partial charge in [-0.05, 0) is 24.2 Å². The lowest BCUT2D eigenvalue weighted by Crippen LogP contribution is -2.21. The van der Waals surface area contributed by atoms with Crippen LogP contribution in [0.3, 0.4) is 0 Å². The van der Waals surface area contributed by atoms with Gasteiger partial charge in [-0.15, -0.1) is 0 Å². The molecule has 82 valence electrons. The highest BCUT2D eigenvalue weighted by atomic mass is 35.5. The standard InChI is InChI=1S/C12H16ClNO/c1-2-14-9-11(7-8-15)10-3-5-12(13)6-4-10/h3-6,8,11,14H,2,7,9H2,1H3. The zero-order chi connectivity index (χ0) is 11.1. The Morgan fingerprint density at radius 2 is 2.07 bits per heavy atom. The lowest BCUT2D eigenvalue weighted by molar-refractivity contribution is -0.108. The Labute approximate surface area is 95.6 Å². The number of carbonyl (C=O) groups excluding carboxylic acids is 1. The quantitative estimate of drug-likeness (QED) is 0.755. The number of likely N-dealkylation sites (N-methyl/N-ethyl adjacent to an activating group) is 1. The largest absolute Gasteiger partial charge is 0.316 e. The highest BCUT2D eigenvalue weighted by molar-refractivity contribution is 6.30. The molecule has 1 unspecified atom stereocenters. The van der Waals surface area contributed by atoms with E-state index in [0.717, 1.165) is 30.0 Å². The van der Waals surface area contributed by atoms with E-state index < -0.39 is 0 Å². The maximum Gasteiger partial charge on any atom is 0.120 e. The van der Waals surface area contributed by atoms with Crippen LogP contribution in [0.1, 0.15) is 24.8 Å². The van der Waals surface area contributed by atoms with Crippen LogP contribution in [0.2, 0.25) is 5.02 Å². The molecule has 0 saturated carbocycles. The summed E-state index contributed by atoms with van der Waals surface area (Å²) in [5.41, 5.74) is 1.16. The van der Waals surface area contributed by atoms with E-state index in [4.69, 9.17) is 11.6 Å². The van der Waals surface area contributed by atoms with E-state index in [2.05, 4.69) is 12.2 Å². The Morgan fingerprint density at radius 3 is 2.60 bits per heavy atom. The molecule has 0 aliphatic carbocycles. The second kappa shape index (κ2) is 6.59. The molecule has 0 heterocycles. The third kappa shape index (κ3) is 4.02. The summed E-state index contributed by atoms with van der Waals surface area (Å²) < 4.78 is 0. The molecule has 0 spiro atoms. The molecule has 1 N–H and O–H groups in total. The van der Waals surface area contributed by atoms with Gasteiger partial charge in [-0.3, -0.25) is 0 Å². The smallest absolute Gasteiger partial charge is 0.120 e. The molecule has 0 aromatic heterocycles. The zero-order valence-electron chi connectivity index (χ0n) is 8.87. The molecule has 0 amide bonds. The zero-order valence-corrected chi connectivity index (χ0v) is 9.63. The van der Waals surface area contributed by atoms with Crippen molar-refractivity contribution in [2.75, 3.05) is 13.1 Å². The number of halogens is 1. The van der Waals surface area contributed by atoms with Crippen molar-refractivity contribution in [3.63, 3.8) is 0 Å². The van der Waals surface area contributed by atoms with Crippen LogP contribution >= 0.6 is 11.6 Å². The number of hydrogen-bond acceptors (Lipinski definition) is 2. The Morgan fingerprint density at radius 1 is 1.40 bits per heavy atom. The van der Waals surface area contributed by atoms with E-state index in [1.165, 1.54) is 0 Å². The van der Waals surface area contributed by atoms with Gasteiger partial charge in [-0.25, -0.2) is 0 Å². The molecule has 15 heavy (non-hydrogen) atoms.